The molecule has 0 unspecified atom stereocenters. The van der Waals surface area contributed by atoms with Gasteiger partial charge >= 0.3 is 0 Å². The van der Waals surface area contributed by atoms with Crippen molar-refractivity contribution in [1.29, 1.82) is 0 Å². The first-order valence-corrected chi connectivity index (χ1v) is 11.6. The Balaban J connectivity index is 0.00000274. The fraction of sp³-hybridized carbons (Fsp3) is 0.440. The number of piperidine rings is 1. The minimum atomic E-state index is 0. The third-order valence-electron chi connectivity index (χ3n) is 6.49. The van der Waals surface area contributed by atoms with Crippen molar-refractivity contribution >= 4 is 23.3 Å². The lowest BCUT2D eigenvalue weighted by molar-refractivity contribution is 0.170. The van der Waals surface area contributed by atoms with Crippen molar-refractivity contribution in [2.24, 2.45) is 0 Å². The Labute approximate surface area is 205 Å². The molecule has 34 heavy (non-hydrogen) atoms. The molecule has 0 spiro atoms. The molecule has 0 atom stereocenters. The minimum absolute atomic E-state index is 0. The van der Waals surface area contributed by atoms with Crippen LogP contribution in [0.25, 0.3) is 10.9 Å². The molecule has 0 bridgehead atoms. The van der Waals surface area contributed by atoms with Crippen molar-refractivity contribution in [2.75, 3.05) is 40.0 Å². The molecule has 4 heterocycles. The van der Waals surface area contributed by atoms with Crippen LogP contribution in [0.1, 0.15) is 18.5 Å². The van der Waals surface area contributed by atoms with Crippen LogP contribution < -0.4 is 25.1 Å². The number of aromatic nitrogens is 2. The second-order valence-electron chi connectivity index (χ2n) is 8.56. The van der Waals surface area contributed by atoms with Crippen LogP contribution in [-0.2, 0) is 13.1 Å². The Morgan fingerprint density at radius 1 is 1.06 bits per heavy atom. The topological polar surface area (TPSA) is 77.9 Å². The summed E-state index contributed by atoms with van der Waals surface area (Å²) >= 11 is 0. The number of halogens is 1. The first-order chi connectivity index (χ1) is 16.2. The van der Waals surface area contributed by atoms with Crippen molar-refractivity contribution < 1.29 is 14.2 Å². The summed E-state index contributed by atoms with van der Waals surface area (Å²) < 4.78 is 18.4. The van der Waals surface area contributed by atoms with Crippen LogP contribution in [0.3, 0.4) is 0 Å². The molecule has 0 saturated carbocycles. The van der Waals surface area contributed by atoms with Crippen molar-refractivity contribution in [3.63, 3.8) is 0 Å². The summed E-state index contributed by atoms with van der Waals surface area (Å²) in [7, 11) is 1.65. The van der Waals surface area contributed by atoms with Gasteiger partial charge in [-0.3, -0.25) is 9.78 Å². The van der Waals surface area contributed by atoms with E-state index < -0.39 is 0 Å². The number of fused-ring (bicyclic) bond motifs is 2. The molecule has 2 aliphatic rings. The van der Waals surface area contributed by atoms with E-state index in [4.69, 9.17) is 14.2 Å². The van der Waals surface area contributed by atoms with Crippen LogP contribution in [0.4, 0.5) is 0 Å². The third-order valence-corrected chi connectivity index (χ3v) is 6.49. The van der Waals surface area contributed by atoms with Gasteiger partial charge < -0.3 is 29.0 Å². The molecule has 1 N–H and O–H groups in total. The summed E-state index contributed by atoms with van der Waals surface area (Å²) in [4.78, 5) is 19.5. The number of hydrogen-bond donors (Lipinski definition) is 1. The zero-order chi connectivity index (χ0) is 22.6. The molecule has 9 heteroatoms. The molecular formula is C25H31ClN4O4. The van der Waals surface area contributed by atoms with Gasteiger partial charge in [0.25, 0.3) is 5.56 Å². The molecule has 0 radical (unpaired) electrons. The third kappa shape index (κ3) is 5.46. The molecule has 1 fully saturated rings. The van der Waals surface area contributed by atoms with Crippen molar-refractivity contribution in [1.82, 2.24) is 19.8 Å². The van der Waals surface area contributed by atoms with E-state index >= 15 is 0 Å². The van der Waals surface area contributed by atoms with Crippen LogP contribution in [0.2, 0.25) is 0 Å². The Kier molecular flexibility index (Phi) is 7.92. The Hall–Kier alpha value is -2.81. The minimum Gasteiger partial charge on any atom is -0.497 e. The fourth-order valence-electron chi connectivity index (χ4n) is 4.56. The van der Waals surface area contributed by atoms with E-state index in [1.807, 2.05) is 34.9 Å². The number of hydrogen-bond acceptors (Lipinski definition) is 7. The molecule has 3 aromatic rings. The van der Waals surface area contributed by atoms with Gasteiger partial charge in [-0.25, -0.2) is 0 Å². The number of ether oxygens (including phenoxy) is 3. The first kappa shape index (κ1) is 24.3. The predicted molar refractivity (Wildman–Crippen MR) is 134 cm³/mol. The van der Waals surface area contributed by atoms with Gasteiger partial charge in [0.1, 0.15) is 19.0 Å². The quantitative estimate of drug-likeness (QED) is 0.550. The van der Waals surface area contributed by atoms with Crippen molar-refractivity contribution in [2.45, 2.75) is 32.0 Å². The molecule has 0 aliphatic carbocycles. The number of nitrogens with one attached hydrogen (secondary N) is 1. The lowest BCUT2D eigenvalue weighted by Gasteiger charge is -2.32. The zero-order valence-corrected chi connectivity index (χ0v) is 20.2. The van der Waals surface area contributed by atoms with Crippen molar-refractivity contribution in [3.05, 3.63) is 58.6 Å². The highest BCUT2D eigenvalue weighted by molar-refractivity contribution is 5.85. The standard InChI is InChI=1S/C25H30N4O4.ClH/c1-31-21-4-2-18-3-5-25(30)29(22(18)15-21)11-10-28-8-6-19(7-9-28)26-16-20-14-23-24(17-27-20)33-13-12-32-23;/h2-5,14-15,17,19,26H,6-13,16H2,1H3;1H. The summed E-state index contributed by atoms with van der Waals surface area (Å²) in [5.74, 6) is 2.27. The summed E-state index contributed by atoms with van der Waals surface area (Å²) in [6.07, 6.45) is 3.89. The van der Waals surface area contributed by atoms with Gasteiger partial charge in [-0.05, 0) is 49.5 Å². The maximum absolute atomic E-state index is 12.5. The monoisotopic (exact) mass is 486 g/mol. The van der Waals surface area contributed by atoms with Gasteiger partial charge in [-0.1, -0.05) is 0 Å². The van der Waals surface area contributed by atoms with Gasteiger partial charge in [0, 0.05) is 43.9 Å². The van der Waals surface area contributed by atoms with Gasteiger partial charge in [0.15, 0.2) is 11.5 Å². The fourth-order valence-corrected chi connectivity index (χ4v) is 4.56. The first-order valence-electron chi connectivity index (χ1n) is 11.6. The maximum atomic E-state index is 12.5. The molecule has 2 aliphatic heterocycles. The Morgan fingerprint density at radius 3 is 2.62 bits per heavy atom. The zero-order valence-electron chi connectivity index (χ0n) is 19.4. The van der Waals surface area contributed by atoms with Crippen LogP contribution in [0.15, 0.2) is 47.4 Å². The lowest BCUT2D eigenvalue weighted by Crippen LogP contribution is -2.43. The Bertz CT molecular complexity index is 1180. The van der Waals surface area contributed by atoms with Crippen LogP contribution in [0.5, 0.6) is 17.2 Å². The largest absolute Gasteiger partial charge is 0.497 e. The van der Waals surface area contributed by atoms with Gasteiger partial charge in [0.05, 0.1) is 24.5 Å². The number of pyridine rings is 2. The highest BCUT2D eigenvalue weighted by atomic mass is 35.5. The van der Waals surface area contributed by atoms with Crippen LogP contribution in [-0.4, -0.2) is 60.5 Å². The number of rotatable bonds is 7. The molecule has 182 valence electrons. The molecule has 8 nitrogen and oxygen atoms in total. The van der Waals surface area contributed by atoms with E-state index in [9.17, 15) is 4.79 Å². The summed E-state index contributed by atoms with van der Waals surface area (Å²) in [6, 6.07) is 11.8. The van der Waals surface area contributed by atoms with E-state index in [0.717, 1.165) is 66.3 Å². The van der Waals surface area contributed by atoms with Gasteiger partial charge in [-0.2, -0.15) is 0 Å². The van der Waals surface area contributed by atoms with E-state index in [1.54, 1.807) is 19.4 Å². The number of likely N-dealkylation sites (tertiary alicyclic amines) is 1. The second kappa shape index (κ2) is 11.1. The van der Waals surface area contributed by atoms with E-state index in [-0.39, 0.29) is 18.0 Å². The second-order valence-corrected chi connectivity index (χ2v) is 8.56. The lowest BCUT2D eigenvalue weighted by atomic mass is 10.0. The molecule has 2 aromatic heterocycles. The predicted octanol–water partition coefficient (Wildman–Crippen LogP) is 2.85. The van der Waals surface area contributed by atoms with Gasteiger partial charge in [-0.15, -0.1) is 12.4 Å². The average molecular weight is 487 g/mol. The summed E-state index contributed by atoms with van der Waals surface area (Å²) in [6.45, 7) is 5.42. The highest BCUT2D eigenvalue weighted by Gasteiger charge is 2.20. The molecule has 1 saturated heterocycles. The van der Waals surface area contributed by atoms with Gasteiger partial charge in [0.2, 0.25) is 0 Å². The number of nitrogens with zero attached hydrogens (tertiary/aromatic N) is 3. The maximum Gasteiger partial charge on any atom is 0.251 e. The molecule has 0 amide bonds. The number of benzene rings is 1. The summed E-state index contributed by atoms with van der Waals surface area (Å²) in [5, 5.41) is 4.68. The number of methoxy groups -OCH3 is 1. The molecule has 1 aromatic carbocycles. The van der Waals surface area contributed by atoms with E-state index in [1.165, 1.54) is 0 Å². The van der Waals surface area contributed by atoms with E-state index in [0.29, 0.717) is 32.3 Å². The normalized spacial score (nSPS) is 16.3. The SMILES string of the molecule is COc1ccc2ccc(=O)n(CCN3CCC(NCc4cc5c(cn4)OCCO5)CC3)c2c1.Cl. The molecular weight excluding hydrogens is 456 g/mol. The van der Waals surface area contributed by atoms with Crippen LogP contribution in [0, 0.1) is 0 Å². The average Bonchev–Trinajstić information content (AvgIpc) is 2.87. The van der Waals surface area contributed by atoms with Crippen LogP contribution >= 0.6 is 12.4 Å². The smallest absolute Gasteiger partial charge is 0.251 e. The Morgan fingerprint density at radius 2 is 1.82 bits per heavy atom. The highest BCUT2D eigenvalue weighted by Crippen LogP contribution is 2.29. The van der Waals surface area contributed by atoms with E-state index in [2.05, 4.69) is 15.2 Å². The molecule has 5 rings (SSSR count). The van der Waals surface area contributed by atoms with Crippen molar-refractivity contribution in [3.8, 4) is 17.2 Å². The summed E-state index contributed by atoms with van der Waals surface area (Å²) in [5.41, 5.74) is 1.91.